The molecule has 3 aromatic carbocycles. The molecule has 1 saturated heterocycles. The Hall–Kier alpha value is -3.70. The van der Waals surface area contributed by atoms with E-state index in [4.69, 9.17) is 0 Å². The number of carbonyl (C=O) groups is 1. The molecule has 5 rings (SSSR count). The summed E-state index contributed by atoms with van der Waals surface area (Å²) in [6.07, 6.45) is 6.81. The highest BCUT2D eigenvalue weighted by Gasteiger charge is 2.27. The van der Waals surface area contributed by atoms with Crippen molar-refractivity contribution in [3.8, 4) is 0 Å². The highest BCUT2D eigenvalue weighted by molar-refractivity contribution is 5.86. The summed E-state index contributed by atoms with van der Waals surface area (Å²) < 4.78 is 16.5. The van der Waals surface area contributed by atoms with E-state index in [0.717, 1.165) is 48.2 Å². The number of benzene rings is 3. The number of aromatic nitrogens is 1. The molecule has 4 nitrogen and oxygen atoms in total. The van der Waals surface area contributed by atoms with Gasteiger partial charge in [0.05, 0.1) is 0 Å². The molecule has 4 aromatic rings. The van der Waals surface area contributed by atoms with Gasteiger partial charge >= 0.3 is 0 Å². The Morgan fingerprint density at radius 2 is 1.70 bits per heavy atom. The van der Waals surface area contributed by atoms with E-state index in [1.54, 1.807) is 12.1 Å². The van der Waals surface area contributed by atoms with Gasteiger partial charge in [-0.05, 0) is 41.8 Å². The maximum atomic E-state index is 14.3. The van der Waals surface area contributed by atoms with E-state index in [1.807, 2.05) is 41.3 Å². The zero-order valence-corrected chi connectivity index (χ0v) is 21.4. The monoisotopic (exact) mass is 495 g/mol. The van der Waals surface area contributed by atoms with E-state index >= 15 is 0 Å². The molecule has 2 heterocycles. The summed E-state index contributed by atoms with van der Waals surface area (Å²) in [6, 6.07) is 25.3. The van der Waals surface area contributed by atoms with Crippen molar-refractivity contribution in [2.75, 3.05) is 32.7 Å². The van der Waals surface area contributed by atoms with Crippen LogP contribution < -0.4 is 0 Å². The predicted molar refractivity (Wildman–Crippen MR) is 149 cm³/mol. The van der Waals surface area contributed by atoms with Crippen molar-refractivity contribution in [2.24, 2.45) is 0 Å². The minimum Gasteiger partial charge on any atom is -0.347 e. The van der Waals surface area contributed by atoms with Crippen molar-refractivity contribution >= 4 is 22.9 Å². The standard InChI is InChI=1S/C32H34FN3O/c1-2-35-24-30(28-15-6-7-16-31(28)35)29(26-13-8-14-27(33)22-26)23-32(37)36-20-18-34(19-21-36)17-9-12-25-10-4-3-5-11-25/h3-16,22,24,29H,2,17-21,23H2,1H3/b12-9+/t29-/m1/s1. The van der Waals surface area contributed by atoms with Crippen LogP contribution in [0.5, 0.6) is 0 Å². The molecule has 1 fully saturated rings. The average Bonchev–Trinajstić information content (AvgIpc) is 3.31. The summed E-state index contributed by atoms with van der Waals surface area (Å²) in [5.41, 5.74) is 4.27. The number of piperazine rings is 1. The third-order valence-corrected chi connectivity index (χ3v) is 7.36. The Morgan fingerprint density at radius 1 is 0.946 bits per heavy atom. The normalized spacial score (nSPS) is 15.5. The smallest absolute Gasteiger partial charge is 0.223 e. The zero-order valence-electron chi connectivity index (χ0n) is 21.4. The van der Waals surface area contributed by atoms with Gasteiger partial charge in [0.1, 0.15) is 5.82 Å². The topological polar surface area (TPSA) is 28.5 Å². The lowest BCUT2D eigenvalue weighted by Crippen LogP contribution is -2.48. The second-order valence-corrected chi connectivity index (χ2v) is 9.69. The lowest BCUT2D eigenvalue weighted by atomic mass is 9.87. The zero-order chi connectivity index (χ0) is 25.6. The summed E-state index contributed by atoms with van der Waals surface area (Å²) in [4.78, 5) is 17.9. The molecule has 0 N–H and O–H groups in total. The third kappa shape index (κ3) is 5.83. The number of fused-ring (bicyclic) bond motifs is 1. The molecule has 1 aliphatic rings. The Balaban J connectivity index is 1.30. The number of hydrogen-bond acceptors (Lipinski definition) is 2. The number of aryl methyl sites for hydroxylation is 1. The van der Waals surface area contributed by atoms with Gasteiger partial charge in [-0.3, -0.25) is 9.69 Å². The number of carbonyl (C=O) groups excluding carboxylic acids is 1. The first-order chi connectivity index (χ1) is 18.1. The van der Waals surface area contributed by atoms with Crippen LogP contribution in [0.3, 0.4) is 0 Å². The van der Waals surface area contributed by atoms with Crippen LogP contribution >= 0.6 is 0 Å². The van der Waals surface area contributed by atoms with Gasteiger partial charge < -0.3 is 9.47 Å². The van der Waals surface area contributed by atoms with Crippen LogP contribution in [0.25, 0.3) is 17.0 Å². The summed E-state index contributed by atoms with van der Waals surface area (Å²) in [5.74, 6) is -0.346. The molecule has 0 unspecified atom stereocenters. The lowest BCUT2D eigenvalue weighted by Gasteiger charge is -2.35. The van der Waals surface area contributed by atoms with E-state index in [-0.39, 0.29) is 17.6 Å². The highest BCUT2D eigenvalue weighted by Crippen LogP contribution is 2.35. The van der Waals surface area contributed by atoms with E-state index in [0.29, 0.717) is 19.5 Å². The van der Waals surface area contributed by atoms with Crippen LogP contribution in [0, 0.1) is 5.82 Å². The van der Waals surface area contributed by atoms with E-state index in [9.17, 15) is 9.18 Å². The maximum Gasteiger partial charge on any atom is 0.223 e. The fourth-order valence-electron chi connectivity index (χ4n) is 5.33. The summed E-state index contributed by atoms with van der Waals surface area (Å²) in [7, 11) is 0. The van der Waals surface area contributed by atoms with E-state index < -0.39 is 0 Å². The number of halogens is 1. The number of rotatable bonds is 8. The highest BCUT2D eigenvalue weighted by atomic mass is 19.1. The van der Waals surface area contributed by atoms with Crippen molar-refractivity contribution in [3.05, 3.63) is 114 Å². The van der Waals surface area contributed by atoms with Crippen LogP contribution in [-0.2, 0) is 11.3 Å². The SMILES string of the molecule is CCn1cc([C@H](CC(=O)N2CCN(C/C=C/c3ccccc3)CC2)c2cccc(F)c2)c2ccccc21. The fourth-order valence-corrected chi connectivity index (χ4v) is 5.33. The van der Waals surface area contributed by atoms with Crippen molar-refractivity contribution in [1.29, 1.82) is 0 Å². The Labute approximate surface area is 218 Å². The molecular formula is C32H34FN3O. The van der Waals surface area contributed by atoms with Crippen molar-refractivity contribution in [2.45, 2.75) is 25.8 Å². The second kappa shape index (κ2) is 11.6. The number of nitrogens with zero attached hydrogens (tertiary/aromatic N) is 3. The molecule has 0 spiro atoms. The van der Waals surface area contributed by atoms with Crippen molar-refractivity contribution in [3.63, 3.8) is 0 Å². The second-order valence-electron chi connectivity index (χ2n) is 9.69. The average molecular weight is 496 g/mol. The molecule has 0 aliphatic carbocycles. The minimum atomic E-state index is -0.272. The molecule has 1 aliphatic heterocycles. The van der Waals surface area contributed by atoms with E-state index in [1.165, 1.54) is 11.6 Å². The van der Waals surface area contributed by atoms with Gasteiger partial charge in [0.15, 0.2) is 0 Å². The van der Waals surface area contributed by atoms with Crippen molar-refractivity contribution < 1.29 is 9.18 Å². The van der Waals surface area contributed by atoms with E-state index in [2.05, 4.69) is 59.0 Å². The van der Waals surface area contributed by atoms with Crippen LogP contribution in [0.2, 0.25) is 0 Å². The quantitative estimate of drug-likeness (QED) is 0.292. The first-order valence-corrected chi connectivity index (χ1v) is 13.2. The molecule has 0 saturated carbocycles. The predicted octanol–water partition coefficient (Wildman–Crippen LogP) is 6.18. The number of para-hydroxylation sites is 1. The molecule has 1 amide bonds. The van der Waals surface area contributed by atoms with Gasteiger partial charge in [0.2, 0.25) is 5.91 Å². The molecule has 0 radical (unpaired) electrons. The van der Waals surface area contributed by atoms with Gasteiger partial charge in [-0.1, -0.05) is 72.8 Å². The van der Waals surface area contributed by atoms with Gasteiger partial charge in [-0.25, -0.2) is 4.39 Å². The molecule has 0 bridgehead atoms. The van der Waals surface area contributed by atoms with Crippen LogP contribution in [-0.4, -0.2) is 53.0 Å². The van der Waals surface area contributed by atoms with Gasteiger partial charge in [0.25, 0.3) is 0 Å². The fraction of sp³-hybridized carbons (Fsp3) is 0.281. The van der Waals surface area contributed by atoms with Crippen LogP contribution in [0.4, 0.5) is 4.39 Å². The van der Waals surface area contributed by atoms with Crippen LogP contribution in [0.1, 0.15) is 36.0 Å². The van der Waals surface area contributed by atoms with Crippen LogP contribution in [0.15, 0.2) is 91.1 Å². The Bertz CT molecular complexity index is 1370. The molecule has 1 atom stereocenters. The minimum absolute atomic E-state index is 0.127. The Kier molecular flexibility index (Phi) is 7.81. The summed E-state index contributed by atoms with van der Waals surface area (Å²) in [6.45, 7) is 6.96. The van der Waals surface area contributed by atoms with Crippen molar-refractivity contribution in [1.82, 2.24) is 14.4 Å². The maximum absolute atomic E-state index is 14.3. The molecule has 37 heavy (non-hydrogen) atoms. The summed E-state index contributed by atoms with van der Waals surface area (Å²) in [5, 5.41) is 1.13. The van der Waals surface area contributed by atoms with Gasteiger partial charge in [-0.2, -0.15) is 0 Å². The summed E-state index contributed by atoms with van der Waals surface area (Å²) >= 11 is 0. The number of amides is 1. The Morgan fingerprint density at radius 3 is 2.46 bits per heavy atom. The van der Waals surface area contributed by atoms with Gasteiger partial charge in [0, 0.05) is 68.7 Å². The molecular weight excluding hydrogens is 461 g/mol. The largest absolute Gasteiger partial charge is 0.347 e. The molecule has 1 aromatic heterocycles. The number of hydrogen-bond donors (Lipinski definition) is 0. The molecule has 5 heteroatoms. The molecule has 190 valence electrons. The first kappa shape index (κ1) is 25.0. The lowest BCUT2D eigenvalue weighted by molar-refractivity contribution is -0.133. The third-order valence-electron chi connectivity index (χ3n) is 7.36. The first-order valence-electron chi connectivity index (χ1n) is 13.2. The van der Waals surface area contributed by atoms with Gasteiger partial charge in [-0.15, -0.1) is 0 Å².